The van der Waals surface area contributed by atoms with E-state index in [2.05, 4.69) is 24.8 Å². The lowest BCUT2D eigenvalue weighted by Crippen LogP contribution is -2.24. The molecule has 3 N–H and O–H groups in total. The Hall–Kier alpha value is -1.42. The number of aliphatic hydroxyl groups excluding tert-OH is 1. The molecule has 19 heavy (non-hydrogen) atoms. The molecule has 0 bridgehead atoms. The quantitative estimate of drug-likeness (QED) is 0.798. The second-order valence-electron chi connectivity index (χ2n) is 6.34. The molecule has 1 saturated heterocycles. The summed E-state index contributed by atoms with van der Waals surface area (Å²) in [5.41, 5.74) is 9.12. The highest BCUT2D eigenvalue weighted by atomic mass is 16.5. The average Bonchev–Trinajstić information content (AvgIpc) is 2.90. The van der Waals surface area contributed by atoms with E-state index in [4.69, 9.17) is 10.5 Å². The zero-order valence-electron chi connectivity index (χ0n) is 11.6. The summed E-state index contributed by atoms with van der Waals surface area (Å²) in [6.07, 6.45) is 1.94. The van der Waals surface area contributed by atoms with E-state index in [0.29, 0.717) is 5.92 Å². The predicted molar refractivity (Wildman–Crippen MR) is 76.7 cm³/mol. The summed E-state index contributed by atoms with van der Waals surface area (Å²) in [4.78, 5) is 2.26. The number of rotatable bonds is 2. The highest BCUT2D eigenvalue weighted by molar-refractivity contribution is 5.72. The van der Waals surface area contributed by atoms with Crippen molar-refractivity contribution in [1.29, 1.82) is 0 Å². The van der Waals surface area contributed by atoms with E-state index in [1.54, 1.807) is 0 Å². The third-order valence-corrected chi connectivity index (χ3v) is 4.10. The first-order valence-corrected chi connectivity index (χ1v) is 6.96. The molecule has 2 heterocycles. The van der Waals surface area contributed by atoms with Gasteiger partial charge < -0.3 is 20.5 Å². The summed E-state index contributed by atoms with van der Waals surface area (Å²) in [6.45, 7) is 6.28. The van der Waals surface area contributed by atoms with Gasteiger partial charge in [0.15, 0.2) is 0 Å². The first kappa shape index (κ1) is 12.6. The lowest BCUT2D eigenvalue weighted by molar-refractivity contribution is 0.138. The number of benzene rings is 1. The predicted octanol–water partition coefficient (Wildman–Crippen LogP) is 1.80. The van der Waals surface area contributed by atoms with Gasteiger partial charge in [-0.05, 0) is 26.3 Å². The van der Waals surface area contributed by atoms with Gasteiger partial charge in [0.05, 0.1) is 11.4 Å². The van der Waals surface area contributed by atoms with Crippen LogP contribution < -0.4 is 15.4 Å². The number of fused-ring (bicyclic) bond motifs is 1. The van der Waals surface area contributed by atoms with Gasteiger partial charge in [-0.15, -0.1) is 0 Å². The third-order valence-electron chi connectivity index (χ3n) is 4.10. The number of ether oxygens (including phenoxy) is 1. The van der Waals surface area contributed by atoms with Crippen LogP contribution in [0.1, 0.15) is 25.8 Å². The fraction of sp³-hybridized carbons (Fsp3) is 0.600. The number of hydrogen-bond donors (Lipinski definition) is 2. The van der Waals surface area contributed by atoms with Crippen molar-refractivity contribution in [2.45, 2.75) is 32.3 Å². The molecule has 2 aliphatic rings. The lowest BCUT2D eigenvalue weighted by atomic mass is 10.0. The van der Waals surface area contributed by atoms with E-state index in [9.17, 15) is 5.11 Å². The highest BCUT2D eigenvalue weighted by Gasteiger charge is 2.32. The standard InChI is InChI=1S/C15H22N2O2/c1-15(2)7-11-5-12(16)13(6-14(11)19-15)17-4-3-10(8-17)9-18/h5-6,10,18H,3-4,7-9,16H2,1-2H3/t10-/m0/s1. The molecule has 0 unspecified atom stereocenters. The minimum Gasteiger partial charge on any atom is -0.487 e. The van der Waals surface area contributed by atoms with Crippen molar-refractivity contribution >= 4 is 11.4 Å². The summed E-state index contributed by atoms with van der Waals surface area (Å²) in [5.74, 6) is 1.33. The smallest absolute Gasteiger partial charge is 0.125 e. The molecule has 0 spiro atoms. The number of hydrogen-bond acceptors (Lipinski definition) is 4. The van der Waals surface area contributed by atoms with Crippen molar-refractivity contribution in [2.24, 2.45) is 5.92 Å². The first-order valence-electron chi connectivity index (χ1n) is 6.96. The van der Waals surface area contributed by atoms with Crippen LogP contribution in [0.2, 0.25) is 0 Å². The zero-order chi connectivity index (χ0) is 13.6. The van der Waals surface area contributed by atoms with Crippen molar-refractivity contribution < 1.29 is 9.84 Å². The van der Waals surface area contributed by atoms with Crippen molar-refractivity contribution in [3.05, 3.63) is 17.7 Å². The molecule has 3 rings (SSSR count). The van der Waals surface area contributed by atoms with Crippen LogP contribution in [0.3, 0.4) is 0 Å². The second-order valence-corrected chi connectivity index (χ2v) is 6.34. The normalized spacial score (nSPS) is 24.4. The Labute approximate surface area is 114 Å². The van der Waals surface area contributed by atoms with E-state index < -0.39 is 0 Å². The van der Waals surface area contributed by atoms with Gasteiger partial charge in [-0.1, -0.05) is 0 Å². The van der Waals surface area contributed by atoms with Crippen LogP contribution >= 0.6 is 0 Å². The van der Waals surface area contributed by atoms with Crippen molar-refractivity contribution in [2.75, 3.05) is 30.3 Å². The Balaban J connectivity index is 1.89. The zero-order valence-corrected chi connectivity index (χ0v) is 11.6. The molecule has 4 nitrogen and oxygen atoms in total. The maximum absolute atomic E-state index is 9.24. The van der Waals surface area contributed by atoms with Crippen LogP contribution in [0.15, 0.2) is 12.1 Å². The van der Waals surface area contributed by atoms with Gasteiger partial charge in [-0.3, -0.25) is 0 Å². The van der Waals surface area contributed by atoms with E-state index >= 15 is 0 Å². The van der Waals surface area contributed by atoms with Gasteiger partial charge in [-0.2, -0.15) is 0 Å². The molecule has 1 atom stereocenters. The molecule has 0 amide bonds. The number of nitrogen functional groups attached to an aromatic ring is 1. The molecule has 2 aliphatic heterocycles. The molecule has 1 fully saturated rings. The molecule has 0 aliphatic carbocycles. The average molecular weight is 262 g/mol. The molecule has 1 aromatic rings. The van der Waals surface area contributed by atoms with E-state index in [1.807, 2.05) is 6.07 Å². The topological polar surface area (TPSA) is 58.7 Å². The van der Waals surface area contributed by atoms with Gasteiger partial charge in [0.2, 0.25) is 0 Å². The highest BCUT2D eigenvalue weighted by Crippen LogP contribution is 2.41. The Morgan fingerprint density at radius 1 is 1.47 bits per heavy atom. The van der Waals surface area contributed by atoms with Gasteiger partial charge in [0.25, 0.3) is 0 Å². The van der Waals surface area contributed by atoms with E-state index in [1.165, 1.54) is 5.56 Å². The molecule has 104 valence electrons. The van der Waals surface area contributed by atoms with Crippen LogP contribution in [0.4, 0.5) is 11.4 Å². The molecular weight excluding hydrogens is 240 g/mol. The van der Waals surface area contributed by atoms with Crippen LogP contribution in [0.5, 0.6) is 5.75 Å². The molecule has 0 aromatic heterocycles. The molecular formula is C15H22N2O2. The summed E-state index contributed by atoms with van der Waals surface area (Å²) in [6, 6.07) is 4.12. The summed E-state index contributed by atoms with van der Waals surface area (Å²) >= 11 is 0. The summed E-state index contributed by atoms with van der Waals surface area (Å²) in [7, 11) is 0. The van der Waals surface area contributed by atoms with Crippen LogP contribution in [0, 0.1) is 5.92 Å². The van der Waals surface area contributed by atoms with E-state index in [-0.39, 0.29) is 12.2 Å². The van der Waals surface area contributed by atoms with Gasteiger partial charge in [0.1, 0.15) is 11.4 Å². The molecule has 0 saturated carbocycles. The van der Waals surface area contributed by atoms with Crippen LogP contribution in [-0.4, -0.2) is 30.4 Å². The number of anilines is 2. The summed E-state index contributed by atoms with van der Waals surface area (Å²) < 4.78 is 5.97. The Bertz CT molecular complexity index is 499. The number of aliphatic hydroxyl groups is 1. The fourth-order valence-corrected chi connectivity index (χ4v) is 3.13. The molecule has 0 radical (unpaired) electrons. The Morgan fingerprint density at radius 3 is 2.95 bits per heavy atom. The van der Waals surface area contributed by atoms with Crippen LogP contribution in [0.25, 0.3) is 0 Å². The summed E-state index contributed by atoms with van der Waals surface area (Å²) in [5, 5.41) is 9.24. The largest absolute Gasteiger partial charge is 0.487 e. The maximum atomic E-state index is 9.24. The number of nitrogens with zero attached hydrogens (tertiary/aromatic N) is 1. The monoisotopic (exact) mass is 262 g/mol. The Morgan fingerprint density at radius 2 is 2.26 bits per heavy atom. The minimum absolute atomic E-state index is 0.133. The van der Waals surface area contributed by atoms with Crippen molar-refractivity contribution in [3.63, 3.8) is 0 Å². The fourth-order valence-electron chi connectivity index (χ4n) is 3.13. The first-order chi connectivity index (χ1) is 8.98. The third kappa shape index (κ3) is 2.25. The van der Waals surface area contributed by atoms with Gasteiger partial charge >= 0.3 is 0 Å². The lowest BCUT2D eigenvalue weighted by Gasteiger charge is -2.21. The Kier molecular flexibility index (Phi) is 2.86. The van der Waals surface area contributed by atoms with E-state index in [0.717, 1.165) is 43.1 Å². The minimum atomic E-state index is -0.133. The van der Waals surface area contributed by atoms with Gasteiger partial charge in [0, 0.05) is 43.7 Å². The SMILES string of the molecule is CC1(C)Cc2cc(N)c(N3CC[C@H](CO)C3)cc2O1. The van der Waals surface area contributed by atoms with Crippen LogP contribution in [-0.2, 0) is 6.42 Å². The van der Waals surface area contributed by atoms with Crippen molar-refractivity contribution in [3.8, 4) is 5.75 Å². The van der Waals surface area contributed by atoms with Crippen molar-refractivity contribution in [1.82, 2.24) is 0 Å². The molecule has 1 aromatic carbocycles. The second kappa shape index (κ2) is 4.30. The number of nitrogens with two attached hydrogens (primary N) is 1. The molecule has 4 heteroatoms. The maximum Gasteiger partial charge on any atom is 0.125 e. The van der Waals surface area contributed by atoms with Gasteiger partial charge in [-0.25, -0.2) is 0 Å².